The molecule has 0 aliphatic heterocycles. The van der Waals surface area contributed by atoms with Crippen LogP contribution in [-0.4, -0.2) is 9.85 Å². The number of hydrogen-bond acceptors (Lipinski definition) is 5. The minimum absolute atomic E-state index is 0.0687. The summed E-state index contributed by atoms with van der Waals surface area (Å²) in [6.45, 7) is 8.25. The summed E-state index contributed by atoms with van der Waals surface area (Å²) in [7, 11) is 0. The highest BCUT2D eigenvalue weighted by Crippen LogP contribution is 2.48. The zero-order chi connectivity index (χ0) is 18.8. The van der Waals surface area contributed by atoms with E-state index in [1.54, 1.807) is 36.0 Å². The number of nitro benzene ring substituents is 2. The Morgan fingerprint density at radius 1 is 0.680 bits per heavy atom. The van der Waals surface area contributed by atoms with E-state index in [1.165, 1.54) is 24.3 Å². The van der Waals surface area contributed by atoms with Crippen molar-refractivity contribution in [3.05, 3.63) is 79.9 Å². The number of non-ortho nitro benzene ring substituents is 2. The van der Waals surface area contributed by atoms with Crippen LogP contribution >= 0.6 is 11.8 Å². The molecule has 0 amide bonds. The molecule has 0 unspecified atom stereocenters. The second kappa shape index (κ2) is 6.84. The van der Waals surface area contributed by atoms with E-state index in [0.29, 0.717) is 0 Å². The predicted molar refractivity (Wildman–Crippen MR) is 99.8 cm³/mol. The van der Waals surface area contributed by atoms with Crippen LogP contribution in [0, 0.1) is 20.2 Å². The Morgan fingerprint density at radius 2 is 0.960 bits per heavy atom. The van der Waals surface area contributed by atoms with Gasteiger partial charge in [0.25, 0.3) is 11.4 Å². The van der Waals surface area contributed by atoms with Crippen LogP contribution in [0.2, 0.25) is 0 Å². The lowest BCUT2D eigenvalue weighted by molar-refractivity contribution is -0.385. The fraction of sp³-hybridized carbons (Fsp3) is 0.333. The van der Waals surface area contributed by atoms with Crippen LogP contribution in [0.4, 0.5) is 11.4 Å². The number of benzene rings is 2. The number of thioether (sulfide) groups is 1. The molecular formula is C18H20N2O4S. The van der Waals surface area contributed by atoms with Crippen molar-refractivity contribution >= 4 is 23.1 Å². The Labute approximate surface area is 150 Å². The maximum Gasteiger partial charge on any atom is 0.269 e. The quantitative estimate of drug-likeness (QED) is 0.508. The van der Waals surface area contributed by atoms with Crippen molar-refractivity contribution in [3.63, 3.8) is 0 Å². The third kappa shape index (κ3) is 4.36. The standard InChI is InChI=1S/C18H20N2O4S/c1-17(2,13-5-9-15(10-6-13)19(21)22)25-18(3,4)14-7-11-16(12-8-14)20(23)24/h5-12H,1-4H3. The third-order valence-corrected chi connectivity index (χ3v) is 5.55. The summed E-state index contributed by atoms with van der Waals surface area (Å²) >= 11 is 1.70. The monoisotopic (exact) mass is 360 g/mol. The molecule has 0 saturated heterocycles. The molecule has 2 aromatic rings. The molecule has 0 heterocycles. The van der Waals surface area contributed by atoms with Gasteiger partial charge in [-0.25, -0.2) is 0 Å². The largest absolute Gasteiger partial charge is 0.269 e. The normalized spacial score (nSPS) is 12.0. The lowest BCUT2D eigenvalue weighted by Crippen LogP contribution is -2.23. The molecule has 0 bridgehead atoms. The van der Waals surface area contributed by atoms with Gasteiger partial charge >= 0.3 is 0 Å². The van der Waals surface area contributed by atoms with Gasteiger partial charge in [0.2, 0.25) is 0 Å². The van der Waals surface area contributed by atoms with Gasteiger partial charge in [0.05, 0.1) is 9.85 Å². The lowest BCUT2D eigenvalue weighted by Gasteiger charge is -2.35. The molecule has 0 N–H and O–H groups in total. The number of rotatable bonds is 6. The summed E-state index contributed by atoms with van der Waals surface area (Å²) in [4.78, 5) is 20.8. The zero-order valence-corrected chi connectivity index (χ0v) is 15.4. The molecule has 25 heavy (non-hydrogen) atoms. The van der Waals surface area contributed by atoms with Crippen LogP contribution in [0.25, 0.3) is 0 Å². The number of hydrogen-bond donors (Lipinski definition) is 0. The first-order valence-electron chi connectivity index (χ1n) is 7.73. The molecule has 0 radical (unpaired) electrons. The number of nitrogens with zero attached hydrogens (tertiary/aromatic N) is 2. The van der Waals surface area contributed by atoms with Gasteiger partial charge in [-0.1, -0.05) is 24.3 Å². The molecule has 0 saturated carbocycles. The summed E-state index contributed by atoms with van der Waals surface area (Å²) in [6, 6.07) is 13.1. The van der Waals surface area contributed by atoms with Gasteiger partial charge in [-0.15, -0.1) is 11.8 Å². The van der Waals surface area contributed by atoms with Crippen LogP contribution < -0.4 is 0 Å². The van der Waals surface area contributed by atoms with Crippen molar-refractivity contribution < 1.29 is 9.85 Å². The van der Waals surface area contributed by atoms with Gasteiger partial charge in [-0.05, 0) is 38.8 Å². The molecule has 0 spiro atoms. The molecule has 0 aliphatic rings. The van der Waals surface area contributed by atoms with Crippen LogP contribution in [0.5, 0.6) is 0 Å². The summed E-state index contributed by atoms with van der Waals surface area (Å²) in [6.07, 6.45) is 0. The maximum atomic E-state index is 10.8. The van der Waals surface area contributed by atoms with Crippen molar-refractivity contribution in [2.75, 3.05) is 0 Å². The minimum atomic E-state index is -0.412. The van der Waals surface area contributed by atoms with E-state index in [4.69, 9.17) is 0 Å². The Balaban J connectivity index is 2.24. The van der Waals surface area contributed by atoms with Gasteiger partial charge in [0.15, 0.2) is 0 Å². The van der Waals surface area contributed by atoms with Crippen LogP contribution in [0.3, 0.4) is 0 Å². The van der Waals surface area contributed by atoms with Crippen molar-refractivity contribution in [2.24, 2.45) is 0 Å². The van der Waals surface area contributed by atoms with E-state index in [2.05, 4.69) is 27.7 Å². The minimum Gasteiger partial charge on any atom is -0.258 e. The molecule has 0 fully saturated rings. The molecular weight excluding hydrogens is 340 g/mol. The molecule has 0 atom stereocenters. The molecule has 7 heteroatoms. The molecule has 0 aromatic heterocycles. The average molecular weight is 360 g/mol. The Morgan fingerprint density at radius 3 is 1.20 bits per heavy atom. The SMILES string of the molecule is CC(C)(SC(C)(C)c1ccc([N+](=O)[O-])cc1)c1ccc([N+](=O)[O-])cc1. The molecule has 6 nitrogen and oxygen atoms in total. The number of nitro groups is 2. The average Bonchev–Trinajstić information content (AvgIpc) is 2.54. The van der Waals surface area contributed by atoms with Gasteiger partial charge in [0, 0.05) is 33.8 Å². The fourth-order valence-electron chi connectivity index (χ4n) is 2.72. The maximum absolute atomic E-state index is 10.8. The van der Waals surface area contributed by atoms with Crippen LogP contribution in [0.15, 0.2) is 48.5 Å². The van der Waals surface area contributed by atoms with Crippen LogP contribution in [-0.2, 0) is 9.49 Å². The first-order chi connectivity index (χ1) is 11.5. The van der Waals surface area contributed by atoms with Crippen molar-refractivity contribution in [3.8, 4) is 0 Å². The molecule has 2 rings (SSSR count). The van der Waals surface area contributed by atoms with E-state index in [0.717, 1.165) is 11.1 Å². The van der Waals surface area contributed by atoms with Gasteiger partial charge in [-0.2, -0.15) is 0 Å². The van der Waals surface area contributed by atoms with Crippen molar-refractivity contribution in [1.29, 1.82) is 0 Å². The van der Waals surface area contributed by atoms with Crippen LogP contribution in [0.1, 0.15) is 38.8 Å². The summed E-state index contributed by atoms with van der Waals surface area (Å²) in [5.74, 6) is 0. The zero-order valence-electron chi connectivity index (χ0n) is 14.6. The smallest absolute Gasteiger partial charge is 0.258 e. The fourth-order valence-corrected chi connectivity index (χ4v) is 4.51. The lowest BCUT2D eigenvalue weighted by atomic mass is 10.0. The Kier molecular flexibility index (Phi) is 5.17. The first-order valence-corrected chi connectivity index (χ1v) is 8.54. The summed E-state index contributed by atoms with van der Waals surface area (Å²) < 4.78 is -0.583. The van der Waals surface area contributed by atoms with E-state index < -0.39 is 9.85 Å². The Bertz CT molecular complexity index is 716. The van der Waals surface area contributed by atoms with Crippen molar-refractivity contribution in [2.45, 2.75) is 37.2 Å². The Hall–Kier alpha value is -2.41. The highest BCUT2D eigenvalue weighted by molar-refractivity contribution is 8.01. The van der Waals surface area contributed by atoms with E-state index in [-0.39, 0.29) is 20.9 Å². The topological polar surface area (TPSA) is 86.3 Å². The second-order valence-electron chi connectivity index (χ2n) is 6.73. The van der Waals surface area contributed by atoms with E-state index >= 15 is 0 Å². The highest BCUT2D eigenvalue weighted by atomic mass is 32.2. The van der Waals surface area contributed by atoms with Gasteiger partial charge < -0.3 is 0 Å². The van der Waals surface area contributed by atoms with Crippen molar-refractivity contribution in [1.82, 2.24) is 0 Å². The molecule has 132 valence electrons. The van der Waals surface area contributed by atoms with E-state index in [1.807, 2.05) is 0 Å². The predicted octanol–water partition coefficient (Wildman–Crippen LogP) is 5.41. The molecule has 2 aromatic carbocycles. The second-order valence-corrected chi connectivity index (χ2v) is 8.98. The van der Waals surface area contributed by atoms with Gasteiger partial charge in [-0.3, -0.25) is 20.2 Å². The van der Waals surface area contributed by atoms with Gasteiger partial charge in [0.1, 0.15) is 0 Å². The van der Waals surface area contributed by atoms with E-state index in [9.17, 15) is 20.2 Å². The third-order valence-electron chi connectivity index (χ3n) is 4.06. The highest BCUT2D eigenvalue weighted by Gasteiger charge is 2.32. The summed E-state index contributed by atoms with van der Waals surface area (Å²) in [5, 5.41) is 21.6. The summed E-state index contributed by atoms with van der Waals surface area (Å²) in [5.41, 5.74) is 2.11. The first kappa shape index (κ1) is 18.9. The molecule has 0 aliphatic carbocycles.